The van der Waals surface area contributed by atoms with Gasteiger partial charge >= 0.3 is 5.97 Å². The Morgan fingerprint density at radius 2 is 1.64 bits per heavy atom. The Balaban J connectivity index is 1.79. The number of rotatable bonds is 8. The molecule has 0 fully saturated rings. The van der Waals surface area contributed by atoms with E-state index in [9.17, 15) is 9.59 Å². The smallest absolute Gasteiger partial charge is 0.306 e. The molecule has 28 heavy (non-hydrogen) atoms. The first-order valence-electron chi connectivity index (χ1n) is 9.49. The first-order chi connectivity index (χ1) is 13.2. The molecule has 0 N–H and O–H groups in total. The first kappa shape index (κ1) is 22.0. The maximum absolute atomic E-state index is 12.5. The fourth-order valence-corrected chi connectivity index (χ4v) is 3.46. The number of carbonyl (C=O) groups is 2. The van der Waals surface area contributed by atoms with Crippen LogP contribution in [-0.4, -0.2) is 36.0 Å². The van der Waals surface area contributed by atoms with Crippen molar-refractivity contribution in [3.8, 4) is 0 Å². The molecule has 0 saturated heterocycles. The Hall–Kier alpha value is -2.27. The zero-order valence-corrected chi connectivity index (χ0v) is 17.9. The Morgan fingerprint density at radius 3 is 2.25 bits per heavy atom. The maximum Gasteiger partial charge on any atom is 0.306 e. The van der Waals surface area contributed by atoms with Crippen molar-refractivity contribution in [3.63, 3.8) is 0 Å². The summed E-state index contributed by atoms with van der Waals surface area (Å²) in [5, 5.41) is 0. The van der Waals surface area contributed by atoms with Gasteiger partial charge in [-0.2, -0.15) is 0 Å². The maximum atomic E-state index is 12.5. The van der Waals surface area contributed by atoms with Gasteiger partial charge in [0.15, 0.2) is 0 Å². The van der Waals surface area contributed by atoms with E-state index in [1.54, 1.807) is 23.7 Å². The highest BCUT2D eigenvalue weighted by Gasteiger charge is 2.17. The number of hydrogen-bond acceptors (Lipinski definition) is 4. The molecule has 1 amide bonds. The van der Waals surface area contributed by atoms with E-state index in [1.165, 1.54) is 5.56 Å². The highest BCUT2D eigenvalue weighted by Crippen LogP contribution is 2.23. The van der Waals surface area contributed by atoms with Gasteiger partial charge in [-0.15, -0.1) is 11.8 Å². The number of hydrogen-bond donors (Lipinski definition) is 0. The van der Waals surface area contributed by atoms with E-state index in [2.05, 4.69) is 12.1 Å². The van der Waals surface area contributed by atoms with Gasteiger partial charge in [-0.05, 0) is 57.0 Å². The lowest BCUT2D eigenvalue weighted by Gasteiger charge is -2.20. The minimum absolute atomic E-state index is 0.0381. The van der Waals surface area contributed by atoms with E-state index in [1.807, 2.05) is 63.2 Å². The lowest BCUT2D eigenvalue weighted by atomic mass is 10.2. The molecule has 0 radical (unpaired) electrons. The largest absolute Gasteiger partial charge is 0.460 e. The molecule has 0 saturated carbocycles. The number of amides is 1. The molecule has 0 spiro atoms. The second-order valence-electron chi connectivity index (χ2n) is 7.72. The van der Waals surface area contributed by atoms with E-state index < -0.39 is 5.60 Å². The Morgan fingerprint density at radius 1 is 1.00 bits per heavy atom. The van der Waals surface area contributed by atoms with Crippen LogP contribution in [0.2, 0.25) is 0 Å². The van der Waals surface area contributed by atoms with Gasteiger partial charge in [0, 0.05) is 36.2 Å². The predicted octanol–water partition coefficient (Wildman–Crippen LogP) is 5.17. The van der Waals surface area contributed by atoms with Gasteiger partial charge in [0.05, 0.1) is 0 Å². The Bertz CT molecular complexity index is 767. The van der Waals surface area contributed by atoms with Crippen LogP contribution in [-0.2, 0) is 15.3 Å². The van der Waals surface area contributed by atoms with Crippen molar-refractivity contribution in [1.82, 2.24) is 4.90 Å². The number of nitrogens with zero attached hydrogens (tertiary/aromatic N) is 1. The number of esters is 1. The summed E-state index contributed by atoms with van der Waals surface area (Å²) in [6, 6.07) is 18.0. The average molecular weight is 400 g/mol. The summed E-state index contributed by atoms with van der Waals surface area (Å²) in [6.07, 6.45) is 0.895. The van der Waals surface area contributed by atoms with Crippen molar-refractivity contribution in [3.05, 3.63) is 65.7 Å². The zero-order valence-electron chi connectivity index (χ0n) is 17.1. The number of carbonyl (C=O) groups excluding carboxylic acids is 2. The van der Waals surface area contributed by atoms with E-state index in [0.29, 0.717) is 24.9 Å². The molecule has 0 aliphatic carbocycles. The van der Waals surface area contributed by atoms with Crippen molar-refractivity contribution in [2.24, 2.45) is 0 Å². The number of thioether (sulfide) groups is 1. The monoisotopic (exact) mass is 399 g/mol. The van der Waals surface area contributed by atoms with E-state index in [4.69, 9.17) is 4.74 Å². The van der Waals surface area contributed by atoms with Gasteiger partial charge in [0.25, 0.3) is 5.91 Å². The molecule has 0 aliphatic rings. The van der Waals surface area contributed by atoms with Crippen LogP contribution in [0, 0.1) is 0 Å². The van der Waals surface area contributed by atoms with Crippen molar-refractivity contribution < 1.29 is 14.3 Å². The van der Waals surface area contributed by atoms with Crippen LogP contribution < -0.4 is 0 Å². The van der Waals surface area contributed by atoms with E-state index in [0.717, 1.165) is 10.6 Å². The van der Waals surface area contributed by atoms with Crippen LogP contribution in [0.5, 0.6) is 0 Å². The quantitative estimate of drug-likeness (QED) is 0.454. The third kappa shape index (κ3) is 7.77. The third-order valence-corrected chi connectivity index (χ3v) is 5.07. The zero-order chi connectivity index (χ0) is 20.6. The molecular formula is C23H29NO3S. The van der Waals surface area contributed by atoms with Crippen molar-refractivity contribution in [2.45, 2.75) is 49.9 Å². The number of ether oxygens (including phenoxy) is 1. The SMILES string of the molecule is CN(CCCC(=O)OC(C)(C)C)C(=O)c1ccc(SCc2ccccc2)cc1. The predicted molar refractivity (Wildman–Crippen MR) is 114 cm³/mol. The molecule has 0 atom stereocenters. The molecule has 0 heterocycles. The first-order valence-corrected chi connectivity index (χ1v) is 10.5. The highest BCUT2D eigenvalue weighted by molar-refractivity contribution is 7.98. The molecule has 5 heteroatoms. The third-order valence-electron chi connectivity index (χ3n) is 3.99. The number of benzene rings is 2. The summed E-state index contributed by atoms with van der Waals surface area (Å²) in [5.74, 6) is 0.635. The van der Waals surface area contributed by atoms with Crippen LogP contribution in [0.1, 0.15) is 49.5 Å². The summed E-state index contributed by atoms with van der Waals surface area (Å²) in [7, 11) is 1.76. The van der Waals surface area contributed by atoms with Gasteiger partial charge in [-0.25, -0.2) is 0 Å². The normalized spacial score (nSPS) is 11.1. The van der Waals surface area contributed by atoms with Gasteiger partial charge in [0.2, 0.25) is 0 Å². The van der Waals surface area contributed by atoms with Crippen LogP contribution in [0.4, 0.5) is 0 Å². The molecule has 150 valence electrons. The van der Waals surface area contributed by atoms with Crippen LogP contribution in [0.25, 0.3) is 0 Å². The van der Waals surface area contributed by atoms with Crippen LogP contribution >= 0.6 is 11.8 Å². The molecule has 0 bridgehead atoms. The second-order valence-corrected chi connectivity index (χ2v) is 8.76. The van der Waals surface area contributed by atoms with Crippen molar-refractivity contribution >= 4 is 23.6 Å². The van der Waals surface area contributed by atoms with Crippen molar-refractivity contribution in [2.75, 3.05) is 13.6 Å². The summed E-state index contributed by atoms with van der Waals surface area (Å²) < 4.78 is 5.29. The molecule has 0 unspecified atom stereocenters. The second kappa shape index (κ2) is 10.3. The molecule has 0 aliphatic heterocycles. The topological polar surface area (TPSA) is 46.6 Å². The molecule has 2 aromatic carbocycles. The van der Waals surface area contributed by atoms with Gasteiger partial charge < -0.3 is 9.64 Å². The average Bonchev–Trinajstić information content (AvgIpc) is 2.65. The van der Waals surface area contributed by atoms with Crippen molar-refractivity contribution in [1.29, 1.82) is 0 Å². The van der Waals surface area contributed by atoms with Gasteiger partial charge in [0.1, 0.15) is 5.60 Å². The highest BCUT2D eigenvalue weighted by atomic mass is 32.2. The summed E-state index contributed by atoms with van der Waals surface area (Å²) >= 11 is 1.75. The van der Waals surface area contributed by atoms with E-state index >= 15 is 0 Å². The summed E-state index contributed by atoms with van der Waals surface area (Å²) in [6.45, 7) is 6.07. The van der Waals surface area contributed by atoms with Crippen LogP contribution in [0.15, 0.2) is 59.5 Å². The van der Waals surface area contributed by atoms with E-state index in [-0.39, 0.29) is 11.9 Å². The van der Waals surface area contributed by atoms with Gasteiger partial charge in [-0.3, -0.25) is 9.59 Å². The minimum Gasteiger partial charge on any atom is -0.460 e. The fraction of sp³-hybridized carbons (Fsp3) is 0.391. The summed E-state index contributed by atoms with van der Waals surface area (Å²) in [5.41, 5.74) is 1.46. The molecule has 0 aromatic heterocycles. The van der Waals surface area contributed by atoms with Gasteiger partial charge in [-0.1, -0.05) is 30.3 Å². The van der Waals surface area contributed by atoms with Crippen LogP contribution in [0.3, 0.4) is 0 Å². The lowest BCUT2D eigenvalue weighted by Crippen LogP contribution is -2.29. The fourth-order valence-electron chi connectivity index (χ4n) is 2.61. The minimum atomic E-state index is -0.473. The molecule has 2 aromatic rings. The molecular weight excluding hydrogens is 370 g/mol. The molecule has 4 nitrogen and oxygen atoms in total. The Labute approximate surface area is 172 Å². The lowest BCUT2D eigenvalue weighted by molar-refractivity contribution is -0.154. The molecule has 2 rings (SSSR count). The summed E-state index contributed by atoms with van der Waals surface area (Å²) in [4.78, 5) is 27.1. The standard InChI is InChI=1S/C23H29NO3S/c1-23(2,3)27-21(25)11-8-16-24(4)22(26)19-12-14-20(15-13-19)28-17-18-9-6-5-7-10-18/h5-7,9-10,12-15H,8,11,16-17H2,1-4H3. The Kier molecular flexibility index (Phi) is 8.12.